The molecule has 2 rings (SSSR count). The smallest absolute Gasteiger partial charge is 0.321 e. The molecule has 0 aliphatic carbocycles. The molecule has 1 aromatic rings. The van der Waals surface area contributed by atoms with Crippen LogP contribution >= 0.6 is 15.9 Å². The molecule has 0 unspecified atom stereocenters. The van der Waals surface area contributed by atoms with Crippen molar-refractivity contribution in [2.45, 2.75) is 39.5 Å². The van der Waals surface area contributed by atoms with Crippen LogP contribution in [0.15, 0.2) is 16.6 Å². The lowest BCUT2D eigenvalue weighted by atomic mass is 10.1. The number of aryl methyl sites for hydroxylation is 2. The zero-order chi connectivity index (χ0) is 13.8. The topological polar surface area (TPSA) is 32.3 Å². The summed E-state index contributed by atoms with van der Waals surface area (Å²) in [5, 5.41) is 3.01. The highest BCUT2D eigenvalue weighted by Crippen LogP contribution is 2.25. The van der Waals surface area contributed by atoms with Gasteiger partial charge in [0.1, 0.15) is 0 Å². The number of hydrogen-bond donors (Lipinski definition) is 1. The zero-order valence-electron chi connectivity index (χ0n) is 11.6. The second-order valence-electron chi connectivity index (χ2n) is 5.26. The van der Waals surface area contributed by atoms with Crippen molar-refractivity contribution in [2.24, 2.45) is 0 Å². The molecule has 0 aromatic heterocycles. The van der Waals surface area contributed by atoms with Crippen molar-refractivity contribution in [3.8, 4) is 0 Å². The summed E-state index contributed by atoms with van der Waals surface area (Å²) in [6, 6.07) is 4.04. The van der Waals surface area contributed by atoms with Crippen molar-refractivity contribution in [1.29, 1.82) is 0 Å². The summed E-state index contributed by atoms with van der Waals surface area (Å²) in [6.45, 7) is 5.83. The standard InChI is InChI=1S/C15H21BrN2O/c1-11-9-13(10-12(2)14(11)16)17-15(19)18-7-5-3-4-6-8-18/h9-10H,3-8H2,1-2H3,(H,17,19). The van der Waals surface area contributed by atoms with Gasteiger partial charge in [0.2, 0.25) is 0 Å². The van der Waals surface area contributed by atoms with Crippen molar-refractivity contribution >= 4 is 27.6 Å². The third-order valence-electron chi connectivity index (χ3n) is 3.58. The van der Waals surface area contributed by atoms with E-state index in [1.807, 2.05) is 30.9 Å². The average molecular weight is 325 g/mol. The summed E-state index contributed by atoms with van der Waals surface area (Å²) >= 11 is 3.54. The van der Waals surface area contributed by atoms with Gasteiger partial charge in [-0.05, 0) is 49.9 Å². The van der Waals surface area contributed by atoms with Crippen LogP contribution in [0.4, 0.5) is 10.5 Å². The van der Waals surface area contributed by atoms with Gasteiger partial charge in [-0.3, -0.25) is 0 Å². The van der Waals surface area contributed by atoms with Crippen LogP contribution < -0.4 is 5.32 Å². The summed E-state index contributed by atoms with van der Waals surface area (Å²) in [4.78, 5) is 14.2. The fourth-order valence-electron chi connectivity index (χ4n) is 2.49. The largest absolute Gasteiger partial charge is 0.325 e. The molecule has 0 saturated carbocycles. The first-order valence-corrected chi connectivity index (χ1v) is 7.70. The first-order valence-electron chi connectivity index (χ1n) is 6.90. The molecule has 4 heteroatoms. The van der Waals surface area contributed by atoms with Crippen LogP contribution in [-0.4, -0.2) is 24.0 Å². The second kappa shape index (κ2) is 6.42. The molecule has 1 aromatic carbocycles. The van der Waals surface area contributed by atoms with E-state index >= 15 is 0 Å². The number of carbonyl (C=O) groups excluding carboxylic acids is 1. The van der Waals surface area contributed by atoms with E-state index in [9.17, 15) is 4.79 Å². The van der Waals surface area contributed by atoms with E-state index in [0.29, 0.717) is 0 Å². The lowest BCUT2D eigenvalue weighted by Crippen LogP contribution is -2.35. The molecule has 0 bridgehead atoms. The number of carbonyl (C=O) groups is 1. The molecule has 1 heterocycles. The van der Waals surface area contributed by atoms with Crippen molar-refractivity contribution in [2.75, 3.05) is 18.4 Å². The minimum atomic E-state index is 0.0306. The molecule has 2 amide bonds. The maximum absolute atomic E-state index is 12.2. The molecule has 0 radical (unpaired) electrons. The quantitative estimate of drug-likeness (QED) is 0.811. The molecule has 0 atom stereocenters. The Kier molecular flexibility index (Phi) is 4.86. The predicted molar refractivity (Wildman–Crippen MR) is 82.7 cm³/mol. The fraction of sp³-hybridized carbons (Fsp3) is 0.533. The monoisotopic (exact) mass is 324 g/mol. The Balaban J connectivity index is 2.05. The van der Waals surface area contributed by atoms with Crippen LogP contribution in [0, 0.1) is 13.8 Å². The van der Waals surface area contributed by atoms with E-state index in [0.717, 1.165) is 47.2 Å². The molecule has 1 fully saturated rings. The van der Waals surface area contributed by atoms with E-state index in [4.69, 9.17) is 0 Å². The minimum absolute atomic E-state index is 0.0306. The summed E-state index contributed by atoms with van der Waals surface area (Å²) in [7, 11) is 0. The number of nitrogens with one attached hydrogen (secondary N) is 1. The number of rotatable bonds is 1. The van der Waals surface area contributed by atoms with Crippen molar-refractivity contribution in [3.05, 3.63) is 27.7 Å². The summed E-state index contributed by atoms with van der Waals surface area (Å²) in [5.41, 5.74) is 3.17. The van der Waals surface area contributed by atoms with Gasteiger partial charge in [-0.25, -0.2) is 4.79 Å². The summed E-state index contributed by atoms with van der Waals surface area (Å²) < 4.78 is 1.11. The van der Waals surface area contributed by atoms with Gasteiger partial charge in [-0.15, -0.1) is 0 Å². The van der Waals surface area contributed by atoms with E-state index in [-0.39, 0.29) is 6.03 Å². The van der Waals surface area contributed by atoms with E-state index in [1.165, 1.54) is 12.8 Å². The van der Waals surface area contributed by atoms with Gasteiger partial charge in [0.25, 0.3) is 0 Å². The summed E-state index contributed by atoms with van der Waals surface area (Å²) in [6.07, 6.45) is 4.71. The van der Waals surface area contributed by atoms with E-state index in [1.54, 1.807) is 0 Å². The normalized spacial score (nSPS) is 16.1. The molecule has 104 valence electrons. The molecule has 19 heavy (non-hydrogen) atoms. The minimum Gasteiger partial charge on any atom is -0.325 e. The third kappa shape index (κ3) is 3.72. The highest BCUT2D eigenvalue weighted by Gasteiger charge is 2.15. The SMILES string of the molecule is Cc1cc(NC(=O)N2CCCCCC2)cc(C)c1Br. The molecular weight excluding hydrogens is 304 g/mol. The van der Waals surface area contributed by atoms with Gasteiger partial charge in [-0.1, -0.05) is 28.8 Å². The fourth-order valence-corrected chi connectivity index (χ4v) is 2.72. The van der Waals surface area contributed by atoms with Crippen LogP contribution in [0.1, 0.15) is 36.8 Å². The van der Waals surface area contributed by atoms with Crippen LogP contribution in [0.2, 0.25) is 0 Å². The second-order valence-corrected chi connectivity index (χ2v) is 6.05. The Labute approximate surface area is 123 Å². The number of benzene rings is 1. The van der Waals surface area contributed by atoms with Gasteiger partial charge in [-0.2, -0.15) is 0 Å². The Hall–Kier alpha value is -1.03. The summed E-state index contributed by atoms with van der Waals surface area (Å²) in [5.74, 6) is 0. The Morgan fingerprint density at radius 3 is 2.16 bits per heavy atom. The maximum Gasteiger partial charge on any atom is 0.321 e. The van der Waals surface area contributed by atoms with E-state index < -0.39 is 0 Å². The van der Waals surface area contributed by atoms with Crippen LogP contribution in [0.25, 0.3) is 0 Å². The van der Waals surface area contributed by atoms with Crippen LogP contribution in [0.5, 0.6) is 0 Å². The van der Waals surface area contributed by atoms with Gasteiger partial charge >= 0.3 is 6.03 Å². The van der Waals surface area contributed by atoms with Crippen LogP contribution in [0.3, 0.4) is 0 Å². The zero-order valence-corrected chi connectivity index (χ0v) is 13.2. The molecule has 1 saturated heterocycles. The average Bonchev–Trinajstić information content (AvgIpc) is 2.64. The molecule has 3 nitrogen and oxygen atoms in total. The Morgan fingerprint density at radius 2 is 1.63 bits per heavy atom. The number of halogens is 1. The third-order valence-corrected chi connectivity index (χ3v) is 4.83. The number of likely N-dealkylation sites (tertiary alicyclic amines) is 1. The molecule has 1 aliphatic heterocycles. The van der Waals surface area contributed by atoms with Crippen molar-refractivity contribution in [1.82, 2.24) is 4.90 Å². The number of hydrogen-bond acceptors (Lipinski definition) is 1. The predicted octanol–water partition coefficient (Wildman–Crippen LogP) is 4.47. The van der Waals surface area contributed by atoms with Crippen LogP contribution in [-0.2, 0) is 0 Å². The molecule has 0 spiro atoms. The van der Waals surface area contributed by atoms with Gasteiger partial charge in [0.15, 0.2) is 0 Å². The Bertz CT molecular complexity index is 442. The number of nitrogens with zero attached hydrogens (tertiary/aromatic N) is 1. The first kappa shape index (κ1) is 14.4. The van der Waals surface area contributed by atoms with E-state index in [2.05, 4.69) is 21.2 Å². The maximum atomic E-state index is 12.2. The van der Waals surface area contributed by atoms with Gasteiger partial charge in [0, 0.05) is 23.2 Å². The Morgan fingerprint density at radius 1 is 1.11 bits per heavy atom. The lowest BCUT2D eigenvalue weighted by molar-refractivity contribution is 0.214. The van der Waals surface area contributed by atoms with Gasteiger partial charge in [0.05, 0.1) is 0 Å². The van der Waals surface area contributed by atoms with Crippen molar-refractivity contribution < 1.29 is 4.79 Å². The molecule has 1 N–H and O–H groups in total. The van der Waals surface area contributed by atoms with Crippen molar-refractivity contribution in [3.63, 3.8) is 0 Å². The first-order chi connectivity index (χ1) is 9.08. The number of anilines is 1. The lowest BCUT2D eigenvalue weighted by Gasteiger charge is -2.21. The highest BCUT2D eigenvalue weighted by molar-refractivity contribution is 9.10. The number of urea groups is 1. The number of amides is 2. The van der Waals surface area contributed by atoms with Gasteiger partial charge < -0.3 is 10.2 Å². The highest BCUT2D eigenvalue weighted by atomic mass is 79.9. The molecular formula is C15H21BrN2O. The molecule has 1 aliphatic rings.